The zero-order valence-electron chi connectivity index (χ0n) is 12.3. The van der Waals surface area contributed by atoms with Gasteiger partial charge in [0, 0.05) is 25.7 Å². The van der Waals surface area contributed by atoms with Crippen LogP contribution in [-0.4, -0.2) is 50.3 Å². The molecule has 3 rings (SSSR count). The summed E-state index contributed by atoms with van der Waals surface area (Å²) in [6, 6.07) is 7.16. The molecule has 1 saturated heterocycles. The zero-order chi connectivity index (χ0) is 13.8. The van der Waals surface area contributed by atoms with Crippen LogP contribution < -0.4 is 15.4 Å². The Balaban J connectivity index is 1.64. The van der Waals surface area contributed by atoms with E-state index in [1.165, 1.54) is 18.5 Å². The minimum Gasteiger partial charge on any atom is -0.490 e. The molecule has 0 bridgehead atoms. The van der Waals surface area contributed by atoms with Gasteiger partial charge in [-0.15, -0.1) is 0 Å². The van der Waals surface area contributed by atoms with Gasteiger partial charge in [0.2, 0.25) is 0 Å². The van der Waals surface area contributed by atoms with E-state index in [0.717, 1.165) is 50.6 Å². The molecule has 0 spiro atoms. The number of ether oxygens (including phenoxy) is 1. The molecule has 2 aliphatic rings. The number of anilines is 1. The molecular weight excluding hydrogens is 250 g/mol. The zero-order valence-corrected chi connectivity index (χ0v) is 12.3. The lowest BCUT2D eigenvalue weighted by molar-refractivity contribution is 0.221. The SMILES string of the molecule is CC(Cc1ccc2c(c1)NCCO2)N1CCCNCC1. The van der Waals surface area contributed by atoms with Crippen LogP contribution >= 0.6 is 0 Å². The third kappa shape index (κ3) is 3.25. The second kappa shape index (κ2) is 6.46. The molecule has 4 heteroatoms. The Morgan fingerprint density at radius 1 is 1.25 bits per heavy atom. The number of benzene rings is 1. The normalized spacial score (nSPS) is 21.2. The van der Waals surface area contributed by atoms with Crippen LogP contribution in [0.5, 0.6) is 5.75 Å². The van der Waals surface area contributed by atoms with Crippen molar-refractivity contribution in [2.75, 3.05) is 44.6 Å². The Morgan fingerprint density at radius 3 is 3.15 bits per heavy atom. The van der Waals surface area contributed by atoms with Crippen LogP contribution in [0.2, 0.25) is 0 Å². The van der Waals surface area contributed by atoms with E-state index < -0.39 is 0 Å². The first-order chi connectivity index (χ1) is 9.83. The minimum absolute atomic E-state index is 0.595. The molecule has 20 heavy (non-hydrogen) atoms. The highest BCUT2D eigenvalue weighted by atomic mass is 16.5. The molecule has 1 atom stereocenters. The van der Waals surface area contributed by atoms with Gasteiger partial charge in [-0.2, -0.15) is 0 Å². The van der Waals surface area contributed by atoms with Gasteiger partial charge in [-0.25, -0.2) is 0 Å². The van der Waals surface area contributed by atoms with E-state index in [2.05, 4.69) is 40.7 Å². The van der Waals surface area contributed by atoms with Crippen molar-refractivity contribution in [3.63, 3.8) is 0 Å². The molecule has 1 unspecified atom stereocenters. The molecule has 2 aliphatic heterocycles. The summed E-state index contributed by atoms with van der Waals surface area (Å²) in [5.41, 5.74) is 2.55. The smallest absolute Gasteiger partial charge is 0.142 e. The number of rotatable bonds is 3. The predicted molar refractivity (Wildman–Crippen MR) is 82.7 cm³/mol. The van der Waals surface area contributed by atoms with Crippen LogP contribution in [-0.2, 0) is 6.42 Å². The molecule has 2 heterocycles. The van der Waals surface area contributed by atoms with E-state index in [0.29, 0.717) is 6.04 Å². The Hall–Kier alpha value is -1.26. The van der Waals surface area contributed by atoms with Crippen molar-refractivity contribution >= 4 is 5.69 Å². The Labute approximate surface area is 121 Å². The molecule has 0 aliphatic carbocycles. The lowest BCUT2D eigenvalue weighted by Gasteiger charge is -2.28. The molecule has 1 aromatic carbocycles. The van der Waals surface area contributed by atoms with E-state index in [1.807, 2.05) is 0 Å². The summed E-state index contributed by atoms with van der Waals surface area (Å²) >= 11 is 0. The second-order valence-corrected chi connectivity index (χ2v) is 5.80. The first-order valence-corrected chi connectivity index (χ1v) is 7.77. The lowest BCUT2D eigenvalue weighted by Crippen LogP contribution is -2.37. The molecule has 1 aromatic rings. The molecule has 0 amide bonds. The molecule has 0 radical (unpaired) electrons. The van der Waals surface area contributed by atoms with Crippen LogP contribution in [0.4, 0.5) is 5.69 Å². The topological polar surface area (TPSA) is 36.5 Å². The molecule has 1 fully saturated rings. The van der Waals surface area contributed by atoms with E-state index in [4.69, 9.17) is 4.74 Å². The lowest BCUT2D eigenvalue weighted by atomic mass is 10.0. The van der Waals surface area contributed by atoms with Crippen molar-refractivity contribution < 1.29 is 4.74 Å². The first-order valence-electron chi connectivity index (χ1n) is 7.77. The number of hydrogen-bond acceptors (Lipinski definition) is 4. The largest absolute Gasteiger partial charge is 0.490 e. The van der Waals surface area contributed by atoms with Gasteiger partial charge in [-0.3, -0.25) is 4.90 Å². The maximum Gasteiger partial charge on any atom is 0.142 e. The van der Waals surface area contributed by atoms with E-state index in [9.17, 15) is 0 Å². The van der Waals surface area contributed by atoms with Crippen molar-refractivity contribution in [2.45, 2.75) is 25.8 Å². The monoisotopic (exact) mass is 275 g/mol. The number of nitrogens with zero attached hydrogens (tertiary/aromatic N) is 1. The fourth-order valence-corrected chi connectivity index (χ4v) is 3.09. The standard InChI is InChI=1S/C16H25N3O/c1-13(19-8-2-5-17-6-9-19)11-14-3-4-16-15(12-14)18-7-10-20-16/h3-4,12-13,17-18H,2,5-11H2,1H3. The van der Waals surface area contributed by atoms with Gasteiger partial charge >= 0.3 is 0 Å². The number of fused-ring (bicyclic) bond motifs is 1. The minimum atomic E-state index is 0.595. The summed E-state index contributed by atoms with van der Waals surface area (Å²) in [6.07, 6.45) is 2.36. The third-order valence-electron chi connectivity index (χ3n) is 4.25. The van der Waals surface area contributed by atoms with E-state index >= 15 is 0 Å². The highest BCUT2D eigenvalue weighted by Crippen LogP contribution is 2.28. The molecule has 110 valence electrons. The highest BCUT2D eigenvalue weighted by molar-refractivity contribution is 5.59. The maximum atomic E-state index is 5.64. The van der Waals surface area contributed by atoms with E-state index in [1.54, 1.807) is 0 Å². The van der Waals surface area contributed by atoms with Crippen molar-refractivity contribution in [3.8, 4) is 5.75 Å². The van der Waals surface area contributed by atoms with Crippen molar-refractivity contribution in [1.82, 2.24) is 10.2 Å². The number of hydrogen-bond donors (Lipinski definition) is 2. The average molecular weight is 275 g/mol. The van der Waals surface area contributed by atoms with Gasteiger partial charge in [-0.05, 0) is 50.6 Å². The summed E-state index contributed by atoms with van der Waals surface area (Å²) in [6.45, 7) is 8.66. The van der Waals surface area contributed by atoms with Gasteiger partial charge in [0.25, 0.3) is 0 Å². The Morgan fingerprint density at radius 2 is 2.20 bits per heavy atom. The van der Waals surface area contributed by atoms with Gasteiger partial charge in [0.05, 0.1) is 5.69 Å². The summed E-state index contributed by atoms with van der Waals surface area (Å²) in [5.74, 6) is 0.992. The average Bonchev–Trinajstić information content (AvgIpc) is 2.76. The molecule has 4 nitrogen and oxygen atoms in total. The fourth-order valence-electron chi connectivity index (χ4n) is 3.09. The quantitative estimate of drug-likeness (QED) is 0.880. The second-order valence-electron chi connectivity index (χ2n) is 5.80. The van der Waals surface area contributed by atoms with Gasteiger partial charge in [0.15, 0.2) is 0 Å². The number of nitrogens with one attached hydrogen (secondary N) is 2. The summed E-state index contributed by atoms with van der Waals surface area (Å²) < 4.78 is 5.64. The maximum absolute atomic E-state index is 5.64. The van der Waals surface area contributed by atoms with Crippen LogP contribution in [0.1, 0.15) is 18.9 Å². The third-order valence-corrected chi connectivity index (χ3v) is 4.25. The molecular formula is C16H25N3O. The van der Waals surface area contributed by atoms with Crippen LogP contribution in [0.15, 0.2) is 18.2 Å². The summed E-state index contributed by atoms with van der Waals surface area (Å²) in [5, 5.41) is 6.89. The highest BCUT2D eigenvalue weighted by Gasteiger charge is 2.17. The fraction of sp³-hybridized carbons (Fsp3) is 0.625. The van der Waals surface area contributed by atoms with E-state index in [-0.39, 0.29) is 0 Å². The first kappa shape index (κ1) is 13.7. The van der Waals surface area contributed by atoms with Crippen molar-refractivity contribution in [1.29, 1.82) is 0 Å². The van der Waals surface area contributed by atoms with Crippen LogP contribution in [0, 0.1) is 0 Å². The van der Waals surface area contributed by atoms with Gasteiger partial charge in [-0.1, -0.05) is 6.07 Å². The summed E-state index contributed by atoms with van der Waals surface area (Å²) in [4.78, 5) is 2.60. The molecule has 2 N–H and O–H groups in total. The predicted octanol–water partition coefficient (Wildman–Crippen LogP) is 1.72. The summed E-state index contributed by atoms with van der Waals surface area (Å²) in [7, 11) is 0. The van der Waals surface area contributed by atoms with Crippen LogP contribution in [0.25, 0.3) is 0 Å². The molecule has 0 saturated carbocycles. The Kier molecular flexibility index (Phi) is 4.43. The van der Waals surface area contributed by atoms with Gasteiger partial charge < -0.3 is 15.4 Å². The Bertz CT molecular complexity index is 441. The molecule has 0 aromatic heterocycles. The van der Waals surface area contributed by atoms with Crippen LogP contribution in [0.3, 0.4) is 0 Å². The van der Waals surface area contributed by atoms with Crippen molar-refractivity contribution in [3.05, 3.63) is 23.8 Å². The van der Waals surface area contributed by atoms with Gasteiger partial charge in [0.1, 0.15) is 12.4 Å². The van der Waals surface area contributed by atoms with Crippen molar-refractivity contribution in [2.24, 2.45) is 0 Å².